The summed E-state index contributed by atoms with van der Waals surface area (Å²) in [5, 5.41) is 10.8. The van der Waals surface area contributed by atoms with Gasteiger partial charge in [-0.15, -0.1) is 10.2 Å². The quantitative estimate of drug-likeness (QED) is 0.405. The Morgan fingerprint density at radius 2 is 2.09 bits per heavy atom. The highest BCUT2D eigenvalue weighted by Gasteiger charge is 2.14. The summed E-state index contributed by atoms with van der Waals surface area (Å²) in [7, 11) is 0. The van der Waals surface area contributed by atoms with Crippen molar-refractivity contribution in [2.75, 3.05) is 24.7 Å². The molecule has 1 amide bonds. The van der Waals surface area contributed by atoms with E-state index in [-0.39, 0.29) is 24.8 Å². The molecule has 0 fully saturated rings. The molecule has 2 aromatic rings. The molecule has 0 bridgehead atoms. The summed E-state index contributed by atoms with van der Waals surface area (Å²) in [6.45, 7) is 1.81. The van der Waals surface area contributed by atoms with Crippen LogP contribution < -0.4 is 11.2 Å². The summed E-state index contributed by atoms with van der Waals surface area (Å²) >= 11 is 1.12. The minimum atomic E-state index is -0.479. The van der Waals surface area contributed by atoms with Gasteiger partial charge in [-0.2, -0.15) is 0 Å². The molecule has 0 aliphatic heterocycles. The Kier molecular flexibility index (Phi) is 5.92. The monoisotopic (exact) mass is 336 g/mol. The molecule has 23 heavy (non-hydrogen) atoms. The number of nitrogens with one attached hydrogen (secondary N) is 1. The third-order valence-corrected chi connectivity index (χ3v) is 3.61. The van der Waals surface area contributed by atoms with E-state index in [9.17, 15) is 9.59 Å². The lowest BCUT2D eigenvalue weighted by molar-refractivity contribution is -0.143. The van der Waals surface area contributed by atoms with E-state index in [1.165, 1.54) is 4.68 Å². The summed E-state index contributed by atoms with van der Waals surface area (Å²) in [5.74, 6) is 5.66. The highest BCUT2D eigenvalue weighted by atomic mass is 32.2. The molecule has 10 heteroatoms. The maximum absolute atomic E-state index is 11.7. The number of rotatable bonds is 7. The number of nitrogens with two attached hydrogens (primary N) is 1. The van der Waals surface area contributed by atoms with Gasteiger partial charge < -0.3 is 15.9 Å². The van der Waals surface area contributed by atoms with Crippen LogP contribution in [0.5, 0.6) is 0 Å². The lowest BCUT2D eigenvalue weighted by Crippen LogP contribution is -2.32. The average Bonchev–Trinajstić information content (AvgIpc) is 2.93. The lowest BCUT2D eigenvalue weighted by atomic mass is 10.2. The number of hydrogen-bond donors (Lipinski definition) is 2. The molecule has 0 spiro atoms. The number of amides is 1. The molecule has 0 aliphatic carbocycles. The smallest absolute Gasteiger partial charge is 0.325 e. The Morgan fingerprint density at radius 3 is 2.78 bits per heavy atom. The van der Waals surface area contributed by atoms with Crippen LogP contribution in [0.2, 0.25) is 0 Å². The van der Waals surface area contributed by atoms with Crippen molar-refractivity contribution in [3.63, 3.8) is 0 Å². The van der Waals surface area contributed by atoms with Crippen LogP contribution >= 0.6 is 11.8 Å². The summed E-state index contributed by atoms with van der Waals surface area (Å²) in [6.07, 6.45) is 3.25. The Morgan fingerprint density at radius 1 is 1.35 bits per heavy atom. The zero-order chi connectivity index (χ0) is 16.7. The molecule has 9 nitrogen and oxygen atoms in total. The maximum atomic E-state index is 11.7. The third kappa shape index (κ3) is 4.68. The van der Waals surface area contributed by atoms with Crippen LogP contribution in [0.4, 0.5) is 0 Å². The molecule has 3 N–H and O–H groups in total. The van der Waals surface area contributed by atoms with Gasteiger partial charge in [0, 0.05) is 18.0 Å². The van der Waals surface area contributed by atoms with Gasteiger partial charge in [-0.25, -0.2) is 4.68 Å². The first-order valence-corrected chi connectivity index (χ1v) is 7.76. The Bertz CT molecular complexity index is 676. The van der Waals surface area contributed by atoms with E-state index in [1.807, 2.05) is 0 Å². The molecule has 0 aromatic carbocycles. The molecule has 0 saturated heterocycles. The van der Waals surface area contributed by atoms with Gasteiger partial charge in [0.2, 0.25) is 11.1 Å². The molecular weight excluding hydrogens is 320 g/mol. The molecule has 2 heterocycles. The van der Waals surface area contributed by atoms with Gasteiger partial charge in [0.15, 0.2) is 5.82 Å². The van der Waals surface area contributed by atoms with Crippen LogP contribution in [-0.2, 0) is 14.3 Å². The second-order valence-electron chi connectivity index (χ2n) is 4.28. The molecule has 0 radical (unpaired) electrons. The number of nitrogen functional groups attached to an aromatic ring is 1. The van der Waals surface area contributed by atoms with Gasteiger partial charge in [-0.05, 0) is 19.1 Å². The van der Waals surface area contributed by atoms with Gasteiger partial charge in [0.25, 0.3) is 0 Å². The maximum Gasteiger partial charge on any atom is 0.325 e. The van der Waals surface area contributed by atoms with Crippen molar-refractivity contribution < 1.29 is 14.3 Å². The van der Waals surface area contributed by atoms with Crippen LogP contribution in [-0.4, -0.2) is 50.6 Å². The van der Waals surface area contributed by atoms with Crippen LogP contribution in [0, 0.1) is 0 Å². The summed E-state index contributed by atoms with van der Waals surface area (Å²) in [6, 6.07) is 3.52. The van der Waals surface area contributed by atoms with Gasteiger partial charge in [-0.1, -0.05) is 11.8 Å². The normalized spacial score (nSPS) is 10.3. The standard InChI is InChI=1S/C13H16N6O3S/c1-2-22-11(21)7-16-10(20)8-23-13-18-17-12(19(13)14)9-3-5-15-6-4-9/h3-6H,2,7-8,14H2,1H3,(H,16,20). The first kappa shape index (κ1) is 16.7. The average molecular weight is 336 g/mol. The first-order valence-electron chi connectivity index (χ1n) is 6.77. The number of carbonyl (C=O) groups is 2. The first-order chi connectivity index (χ1) is 11.1. The highest BCUT2D eigenvalue weighted by Crippen LogP contribution is 2.20. The summed E-state index contributed by atoms with van der Waals surface area (Å²) in [5.41, 5.74) is 0.772. The van der Waals surface area contributed by atoms with Crippen molar-refractivity contribution in [2.45, 2.75) is 12.1 Å². The minimum Gasteiger partial charge on any atom is -0.465 e. The number of esters is 1. The van der Waals surface area contributed by atoms with E-state index < -0.39 is 5.97 Å². The van der Waals surface area contributed by atoms with Gasteiger partial charge in [0.05, 0.1) is 12.4 Å². The van der Waals surface area contributed by atoms with E-state index in [0.29, 0.717) is 11.0 Å². The fraction of sp³-hybridized carbons (Fsp3) is 0.308. The fourth-order valence-electron chi connectivity index (χ4n) is 1.64. The molecule has 0 saturated carbocycles. The zero-order valence-corrected chi connectivity index (χ0v) is 13.2. The summed E-state index contributed by atoms with van der Waals surface area (Å²) in [4.78, 5) is 26.7. The SMILES string of the molecule is CCOC(=O)CNC(=O)CSc1nnc(-c2ccncc2)n1N. The summed E-state index contributed by atoms with van der Waals surface area (Å²) < 4.78 is 6.02. The molecule has 0 aliphatic rings. The van der Waals surface area contributed by atoms with Crippen LogP contribution in [0.3, 0.4) is 0 Å². The predicted molar refractivity (Wildman–Crippen MR) is 83.8 cm³/mol. The van der Waals surface area contributed by atoms with Crippen LogP contribution in [0.1, 0.15) is 6.92 Å². The van der Waals surface area contributed by atoms with Gasteiger partial charge in [0.1, 0.15) is 6.54 Å². The molecule has 0 atom stereocenters. The Balaban J connectivity index is 1.88. The van der Waals surface area contributed by atoms with E-state index in [1.54, 1.807) is 31.5 Å². The van der Waals surface area contributed by atoms with Crippen LogP contribution in [0.25, 0.3) is 11.4 Å². The van der Waals surface area contributed by atoms with E-state index in [4.69, 9.17) is 10.6 Å². The fourth-order valence-corrected chi connectivity index (χ4v) is 2.32. The number of carbonyl (C=O) groups excluding carboxylic acids is 2. The molecule has 0 unspecified atom stereocenters. The number of thioether (sulfide) groups is 1. The molecule has 2 aromatic heterocycles. The second kappa shape index (κ2) is 8.13. The van der Waals surface area contributed by atoms with Crippen molar-refractivity contribution in [1.82, 2.24) is 25.2 Å². The van der Waals surface area contributed by atoms with Gasteiger partial charge in [-0.3, -0.25) is 14.6 Å². The number of nitrogens with zero attached hydrogens (tertiary/aromatic N) is 4. The van der Waals surface area contributed by atoms with Crippen LogP contribution in [0.15, 0.2) is 29.7 Å². The van der Waals surface area contributed by atoms with Crippen molar-refractivity contribution in [1.29, 1.82) is 0 Å². The lowest BCUT2D eigenvalue weighted by Gasteiger charge is -2.05. The molecular formula is C13H16N6O3S. The number of pyridine rings is 1. The molecule has 122 valence electrons. The number of ether oxygens (including phenoxy) is 1. The van der Waals surface area contributed by atoms with Crippen molar-refractivity contribution in [2.24, 2.45) is 0 Å². The van der Waals surface area contributed by atoms with E-state index in [0.717, 1.165) is 17.3 Å². The predicted octanol–water partition coefficient (Wildman–Crippen LogP) is -0.175. The number of hydrogen-bond acceptors (Lipinski definition) is 8. The van der Waals surface area contributed by atoms with Gasteiger partial charge >= 0.3 is 5.97 Å². The van der Waals surface area contributed by atoms with Crippen molar-refractivity contribution >= 4 is 23.6 Å². The highest BCUT2D eigenvalue weighted by molar-refractivity contribution is 7.99. The van der Waals surface area contributed by atoms with Crippen molar-refractivity contribution in [3.8, 4) is 11.4 Å². The molecule has 2 rings (SSSR count). The topological polar surface area (TPSA) is 125 Å². The Hall–Kier alpha value is -2.62. The minimum absolute atomic E-state index is 0.0606. The van der Waals surface area contributed by atoms with Crippen molar-refractivity contribution in [3.05, 3.63) is 24.5 Å². The van der Waals surface area contributed by atoms with E-state index in [2.05, 4.69) is 20.5 Å². The second-order valence-corrected chi connectivity index (χ2v) is 5.22. The largest absolute Gasteiger partial charge is 0.465 e. The third-order valence-electron chi connectivity index (χ3n) is 2.67. The number of aromatic nitrogens is 4. The Labute approximate surface area is 136 Å². The van der Waals surface area contributed by atoms with E-state index >= 15 is 0 Å². The zero-order valence-electron chi connectivity index (χ0n) is 12.4.